The Morgan fingerprint density at radius 1 is 1.35 bits per heavy atom. The molecule has 1 aromatic heterocycles. The quantitative estimate of drug-likeness (QED) is 0.392. The predicted octanol–water partition coefficient (Wildman–Crippen LogP) is 2.01. The number of hydrogen-bond acceptors (Lipinski definition) is 3. The van der Waals surface area contributed by atoms with Crippen LogP contribution in [0.4, 0.5) is 0 Å². The van der Waals surface area contributed by atoms with Crippen molar-refractivity contribution in [1.82, 2.24) is 15.5 Å². The first-order valence-corrected chi connectivity index (χ1v) is 8.12. The van der Waals surface area contributed by atoms with E-state index >= 15 is 0 Å². The van der Waals surface area contributed by atoms with Crippen LogP contribution < -0.4 is 10.6 Å². The Bertz CT molecular complexity index is 470. The number of guanidine groups is 1. The third-order valence-electron chi connectivity index (χ3n) is 3.64. The third-order valence-corrected chi connectivity index (χ3v) is 3.64. The predicted molar refractivity (Wildman–Crippen MR) is 102 cm³/mol. The lowest BCUT2D eigenvalue weighted by atomic mass is 10.3. The molecule has 6 nitrogen and oxygen atoms in total. The summed E-state index contributed by atoms with van der Waals surface area (Å²) in [6.45, 7) is 5.92. The maximum atomic E-state index is 12.0. The fraction of sp³-hybridized carbons (Fsp3) is 0.625. The van der Waals surface area contributed by atoms with Gasteiger partial charge in [-0.15, -0.1) is 24.0 Å². The Labute approximate surface area is 155 Å². The van der Waals surface area contributed by atoms with Gasteiger partial charge in [0, 0.05) is 45.6 Å². The average molecular weight is 434 g/mol. The lowest BCUT2D eigenvalue weighted by Gasteiger charge is -2.16. The van der Waals surface area contributed by atoms with Crippen LogP contribution in [0.15, 0.2) is 27.8 Å². The second-order valence-electron chi connectivity index (χ2n) is 5.35. The van der Waals surface area contributed by atoms with Crippen molar-refractivity contribution in [1.29, 1.82) is 0 Å². The van der Waals surface area contributed by atoms with E-state index in [9.17, 15) is 4.79 Å². The number of halogens is 1. The Balaban J connectivity index is 0.00000264. The topological polar surface area (TPSA) is 69.9 Å². The average Bonchev–Trinajstić information content (AvgIpc) is 3.20. The van der Waals surface area contributed by atoms with Crippen molar-refractivity contribution in [3.8, 4) is 0 Å². The fourth-order valence-electron chi connectivity index (χ4n) is 2.49. The number of furan rings is 1. The normalized spacial score (nSPS) is 14.5. The second-order valence-corrected chi connectivity index (χ2v) is 5.35. The van der Waals surface area contributed by atoms with E-state index in [0.29, 0.717) is 19.5 Å². The minimum absolute atomic E-state index is 0. The summed E-state index contributed by atoms with van der Waals surface area (Å²) in [5.74, 6) is 1.92. The number of rotatable bonds is 7. The fourth-order valence-corrected chi connectivity index (χ4v) is 2.49. The van der Waals surface area contributed by atoms with Crippen molar-refractivity contribution < 1.29 is 9.21 Å². The molecule has 1 amide bonds. The molecule has 1 aliphatic heterocycles. The highest BCUT2D eigenvalue weighted by Crippen LogP contribution is 2.08. The van der Waals surface area contributed by atoms with Gasteiger partial charge in [0.05, 0.1) is 6.26 Å². The Morgan fingerprint density at radius 3 is 2.78 bits per heavy atom. The molecule has 0 saturated carbocycles. The summed E-state index contributed by atoms with van der Waals surface area (Å²) in [7, 11) is 0. The van der Waals surface area contributed by atoms with Gasteiger partial charge in [-0.25, -0.2) is 0 Å². The van der Waals surface area contributed by atoms with Gasteiger partial charge in [-0.3, -0.25) is 9.79 Å². The van der Waals surface area contributed by atoms with Gasteiger partial charge in [-0.05, 0) is 31.9 Å². The van der Waals surface area contributed by atoms with Crippen molar-refractivity contribution >= 4 is 35.8 Å². The van der Waals surface area contributed by atoms with Crippen LogP contribution in [0.2, 0.25) is 0 Å². The molecule has 2 rings (SSSR count). The van der Waals surface area contributed by atoms with Crippen molar-refractivity contribution in [3.63, 3.8) is 0 Å². The molecular weight excluding hydrogens is 407 g/mol. The molecule has 1 fully saturated rings. The molecule has 1 saturated heterocycles. The highest BCUT2D eigenvalue weighted by molar-refractivity contribution is 14.0. The largest absolute Gasteiger partial charge is 0.469 e. The molecule has 1 aromatic rings. The molecule has 1 aliphatic rings. The smallest absolute Gasteiger partial charge is 0.224 e. The van der Waals surface area contributed by atoms with Gasteiger partial charge in [0.15, 0.2) is 5.96 Å². The zero-order valence-corrected chi connectivity index (χ0v) is 16.0. The minimum Gasteiger partial charge on any atom is -0.469 e. The molecule has 0 bridgehead atoms. The molecule has 7 heteroatoms. The first-order chi connectivity index (χ1) is 10.8. The molecule has 0 unspecified atom stereocenters. The summed E-state index contributed by atoms with van der Waals surface area (Å²) >= 11 is 0. The van der Waals surface area contributed by atoms with Crippen molar-refractivity contribution in [2.24, 2.45) is 4.99 Å². The van der Waals surface area contributed by atoms with Gasteiger partial charge in [-0.2, -0.15) is 0 Å². The van der Waals surface area contributed by atoms with Crippen LogP contribution in [-0.4, -0.2) is 49.5 Å². The molecule has 23 heavy (non-hydrogen) atoms. The van der Waals surface area contributed by atoms with Crippen LogP contribution in [0, 0.1) is 0 Å². The van der Waals surface area contributed by atoms with E-state index in [0.717, 1.165) is 50.6 Å². The number of hydrogen-bond donors (Lipinski definition) is 2. The van der Waals surface area contributed by atoms with E-state index in [1.54, 1.807) is 6.26 Å². The van der Waals surface area contributed by atoms with Crippen molar-refractivity contribution in [3.05, 3.63) is 24.2 Å². The molecule has 0 aromatic carbocycles. The standard InChI is InChI=1S/C16H26N4O2.HI/c1-2-17-16(18-9-7-14-6-5-13-22-14)19-10-8-15(21)20-11-3-4-12-20;/h5-6,13H,2-4,7-12H2,1H3,(H2,17,18,19);1H. The highest BCUT2D eigenvalue weighted by Gasteiger charge is 2.17. The summed E-state index contributed by atoms with van der Waals surface area (Å²) in [6.07, 6.45) is 5.23. The van der Waals surface area contributed by atoms with Crippen LogP contribution in [0.1, 0.15) is 31.9 Å². The summed E-state index contributed by atoms with van der Waals surface area (Å²) in [5, 5.41) is 6.41. The molecule has 0 spiro atoms. The highest BCUT2D eigenvalue weighted by atomic mass is 127. The van der Waals surface area contributed by atoms with Crippen LogP contribution in [-0.2, 0) is 11.2 Å². The summed E-state index contributed by atoms with van der Waals surface area (Å²) in [4.78, 5) is 18.4. The van der Waals surface area contributed by atoms with Gasteiger partial charge in [0.25, 0.3) is 0 Å². The summed E-state index contributed by atoms with van der Waals surface area (Å²) in [6, 6.07) is 3.83. The lowest BCUT2D eigenvalue weighted by Crippen LogP contribution is -2.39. The molecule has 0 atom stereocenters. The zero-order valence-electron chi connectivity index (χ0n) is 13.7. The molecular formula is C16H27IN4O2. The van der Waals surface area contributed by atoms with E-state index < -0.39 is 0 Å². The molecule has 0 aliphatic carbocycles. The van der Waals surface area contributed by atoms with Gasteiger partial charge in [-0.1, -0.05) is 0 Å². The van der Waals surface area contributed by atoms with Gasteiger partial charge < -0.3 is 20.0 Å². The zero-order chi connectivity index (χ0) is 15.6. The van der Waals surface area contributed by atoms with Crippen molar-refractivity contribution in [2.75, 3.05) is 32.7 Å². The summed E-state index contributed by atoms with van der Waals surface area (Å²) in [5.41, 5.74) is 0. The SMILES string of the molecule is CCNC(=NCCc1ccco1)NCCC(=O)N1CCCC1.I. The van der Waals surface area contributed by atoms with Crippen LogP contribution in [0.3, 0.4) is 0 Å². The van der Waals surface area contributed by atoms with Crippen LogP contribution in [0.25, 0.3) is 0 Å². The minimum atomic E-state index is 0. The maximum Gasteiger partial charge on any atom is 0.224 e. The van der Waals surface area contributed by atoms with E-state index in [1.165, 1.54) is 0 Å². The van der Waals surface area contributed by atoms with E-state index in [2.05, 4.69) is 15.6 Å². The number of aliphatic imine (C=N–C) groups is 1. The third kappa shape index (κ3) is 7.24. The Kier molecular flexibility index (Phi) is 9.74. The van der Waals surface area contributed by atoms with Gasteiger partial charge in [0.1, 0.15) is 5.76 Å². The van der Waals surface area contributed by atoms with Gasteiger partial charge in [0.2, 0.25) is 5.91 Å². The lowest BCUT2D eigenvalue weighted by molar-refractivity contribution is -0.129. The van der Waals surface area contributed by atoms with Gasteiger partial charge >= 0.3 is 0 Å². The van der Waals surface area contributed by atoms with Crippen LogP contribution >= 0.6 is 24.0 Å². The van der Waals surface area contributed by atoms with Crippen LogP contribution in [0.5, 0.6) is 0 Å². The number of carbonyl (C=O) groups is 1. The molecule has 0 radical (unpaired) electrons. The number of likely N-dealkylation sites (tertiary alicyclic amines) is 1. The Hall–Kier alpha value is -1.25. The monoisotopic (exact) mass is 434 g/mol. The number of amides is 1. The maximum absolute atomic E-state index is 12.0. The second kappa shape index (κ2) is 11.3. The Morgan fingerprint density at radius 2 is 2.13 bits per heavy atom. The van der Waals surface area contributed by atoms with E-state index in [-0.39, 0.29) is 29.9 Å². The van der Waals surface area contributed by atoms with E-state index in [1.807, 2.05) is 24.0 Å². The molecule has 130 valence electrons. The molecule has 2 heterocycles. The first kappa shape index (κ1) is 19.8. The number of nitrogens with one attached hydrogen (secondary N) is 2. The number of carbonyl (C=O) groups excluding carboxylic acids is 1. The molecule has 2 N–H and O–H groups in total. The number of nitrogens with zero attached hydrogens (tertiary/aromatic N) is 2. The summed E-state index contributed by atoms with van der Waals surface area (Å²) < 4.78 is 5.28. The van der Waals surface area contributed by atoms with E-state index in [4.69, 9.17) is 4.42 Å². The first-order valence-electron chi connectivity index (χ1n) is 8.12. The van der Waals surface area contributed by atoms with Crippen molar-refractivity contribution in [2.45, 2.75) is 32.6 Å².